The van der Waals surface area contributed by atoms with Gasteiger partial charge in [0, 0.05) is 39.1 Å². The van der Waals surface area contributed by atoms with Crippen molar-refractivity contribution in [2.24, 2.45) is 0 Å². The van der Waals surface area contributed by atoms with Crippen LogP contribution >= 0.6 is 0 Å². The first-order valence-electron chi connectivity index (χ1n) is 7.86. The van der Waals surface area contributed by atoms with Gasteiger partial charge in [0.1, 0.15) is 0 Å². The summed E-state index contributed by atoms with van der Waals surface area (Å²) in [6, 6.07) is 0.670. The second kappa shape index (κ2) is 6.95. The fraction of sp³-hybridized carbons (Fsp3) is 0.867. The van der Waals surface area contributed by atoms with Crippen LogP contribution in [0.1, 0.15) is 51.9 Å². The molecule has 0 aromatic rings. The molecule has 0 bridgehead atoms. The molecule has 0 aromatic carbocycles. The third-order valence-electron chi connectivity index (χ3n) is 4.71. The summed E-state index contributed by atoms with van der Waals surface area (Å²) >= 11 is 0. The van der Waals surface area contributed by atoms with Crippen LogP contribution in [0.25, 0.3) is 0 Å². The molecule has 114 valence electrons. The van der Waals surface area contributed by atoms with Gasteiger partial charge in [0.2, 0.25) is 5.91 Å². The maximum Gasteiger partial charge on any atom is 0.317 e. The molecule has 1 aliphatic carbocycles. The normalized spacial score (nSPS) is 21.6. The zero-order valence-corrected chi connectivity index (χ0v) is 12.7. The standard InChI is InChI=1S/C15H27N3O2/c1-12(19)18-10-8-13(9-11-18)16-15(20)17(2)14-6-4-3-5-7-14/h13-14H,3-11H2,1-2H3,(H,16,20). The molecular weight excluding hydrogens is 254 g/mol. The molecule has 2 aliphatic rings. The number of hydrogen-bond donors (Lipinski definition) is 1. The quantitative estimate of drug-likeness (QED) is 0.841. The van der Waals surface area contributed by atoms with Gasteiger partial charge in [-0.05, 0) is 25.7 Å². The Kier molecular flexibility index (Phi) is 5.26. The molecule has 1 aliphatic heterocycles. The van der Waals surface area contributed by atoms with Gasteiger partial charge in [-0.2, -0.15) is 0 Å². The summed E-state index contributed by atoms with van der Waals surface area (Å²) in [4.78, 5) is 27.3. The predicted molar refractivity (Wildman–Crippen MR) is 78.4 cm³/mol. The van der Waals surface area contributed by atoms with Crippen molar-refractivity contribution in [3.8, 4) is 0 Å². The molecular formula is C15H27N3O2. The number of hydrogen-bond acceptors (Lipinski definition) is 2. The molecule has 5 nitrogen and oxygen atoms in total. The van der Waals surface area contributed by atoms with Crippen LogP contribution in [-0.4, -0.2) is 54.0 Å². The van der Waals surface area contributed by atoms with E-state index in [9.17, 15) is 9.59 Å². The first kappa shape index (κ1) is 15.1. The highest BCUT2D eigenvalue weighted by molar-refractivity contribution is 5.75. The molecule has 20 heavy (non-hydrogen) atoms. The van der Waals surface area contributed by atoms with E-state index < -0.39 is 0 Å². The average Bonchev–Trinajstić information content (AvgIpc) is 2.48. The number of carbonyl (C=O) groups excluding carboxylic acids is 2. The van der Waals surface area contributed by atoms with Crippen LogP contribution in [0.5, 0.6) is 0 Å². The molecule has 1 N–H and O–H groups in total. The average molecular weight is 281 g/mol. The molecule has 0 radical (unpaired) electrons. The van der Waals surface area contributed by atoms with E-state index in [1.165, 1.54) is 19.3 Å². The van der Waals surface area contributed by atoms with Gasteiger partial charge in [0.15, 0.2) is 0 Å². The largest absolute Gasteiger partial charge is 0.343 e. The van der Waals surface area contributed by atoms with Crippen molar-refractivity contribution < 1.29 is 9.59 Å². The number of nitrogens with one attached hydrogen (secondary N) is 1. The van der Waals surface area contributed by atoms with Gasteiger partial charge in [-0.15, -0.1) is 0 Å². The summed E-state index contributed by atoms with van der Waals surface area (Å²) in [7, 11) is 1.91. The molecule has 1 saturated carbocycles. The van der Waals surface area contributed by atoms with Gasteiger partial charge in [0.25, 0.3) is 0 Å². The Labute approximate surface area is 121 Å². The summed E-state index contributed by atoms with van der Waals surface area (Å²) < 4.78 is 0. The summed E-state index contributed by atoms with van der Waals surface area (Å²) in [5.74, 6) is 0.133. The van der Waals surface area contributed by atoms with Gasteiger partial charge in [-0.3, -0.25) is 4.79 Å². The van der Waals surface area contributed by atoms with E-state index in [0.29, 0.717) is 6.04 Å². The van der Waals surface area contributed by atoms with Crippen molar-refractivity contribution in [3.63, 3.8) is 0 Å². The Bertz CT molecular complexity index is 345. The number of urea groups is 1. The molecule has 2 rings (SSSR count). The molecule has 3 amide bonds. The van der Waals surface area contributed by atoms with E-state index in [1.54, 1.807) is 6.92 Å². The van der Waals surface area contributed by atoms with E-state index in [-0.39, 0.29) is 18.0 Å². The van der Waals surface area contributed by atoms with E-state index in [2.05, 4.69) is 5.32 Å². The van der Waals surface area contributed by atoms with Crippen LogP contribution in [-0.2, 0) is 4.79 Å². The predicted octanol–water partition coefficient (Wildman–Crippen LogP) is 1.97. The Hall–Kier alpha value is -1.26. The van der Waals surface area contributed by atoms with Gasteiger partial charge in [0.05, 0.1) is 0 Å². The number of nitrogens with zero attached hydrogens (tertiary/aromatic N) is 2. The molecule has 1 saturated heterocycles. The highest BCUT2D eigenvalue weighted by Gasteiger charge is 2.26. The zero-order chi connectivity index (χ0) is 14.5. The minimum atomic E-state index is 0.0539. The second-order valence-electron chi connectivity index (χ2n) is 6.13. The number of rotatable bonds is 2. The fourth-order valence-electron chi connectivity index (χ4n) is 3.25. The second-order valence-corrected chi connectivity index (χ2v) is 6.13. The first-order chi connectivity index (χ1) is 9.58. The maximum atomic E-state index is 12.3. The van der Waals surface area contributed by atoms with Crippen LogP contribution in [0.4, 0.5) is 4.79 Å². The third-order valence-corrected chi connectivity index (χ3v) is 4.71. The van der Waals surface area contributed by atoms with Gasteiger partial charge in [-0.25, -0.2) is 4.79 Å². The van der Waals surface area contributed by atoms with Crippen LogP contribution in [0.15, 0.2) is 0 Å². The molecule has 5 heteroatoms. The van der Waals surface area contributed by atoms with Gasteiger partial charge >= 0.3 is 6.03 Å². The van der Waals surface area contributed by atoms with Crippen LogP contribution in [0, 0.1) is 0 Å². The van der Waals surface area contributed by atoms with Crippen LogP contribution in [0.2, 0.25) is 0 Å². The molecule has 0 unspecified atom stereocenters. The van der Waals surface area contributed by atoms with Crippen molar-refractivity contribution in [2.45, 2.75) is 64.0 Å². The summed E-state index contributed by atoms with van der Waals surface area (Å²) in [6.07, 6.45) is 7.76. The highest BCUT2D eigenvalue weighted by atomic mass is 16.2. The lowest BCUT2D eigenvalue weighted by Gasteiger charge is -2.35. The Morgan fingerprint density at radius 1 is 1.05 bits per heavy atom. The minimum absolute atomic E-state index is 0.0539. The molecule has 0 atom stereocenters. The molecule has 0 spiro atoms. The highest BCUT2D eigenvalue weighted by Crippen LogP contribution is 2.22. The van der Waals surface area contributed by atoms with Crippen LogP contribution < -0.4 is 5.32 Å². The van der Waals surface area contributed by atoms with Crippen molar-refractivity contribution in [1.82, 2.24) is 15.1 Å². The fourth-order valence-corrected chi connectivity index (χ4v) is 3.25. The summed E-state index contributed by atoms with van der Waals surface area (Å²) in [5, 5.41) is 3.12. The van der Waals surface area contributed by atoms with E-state index in [1.807, 2.05) is 16.8 Å². The van der Waals surface area contributed by atoms with Crippen LogP contribution in [0.3, 0.4) is 0 Å². The molecule has 1 heterocycles. The topological polar surface area (TPSA) is 52.7 Å². The summed E-state index contributed by atoms with van der Waals surface area (Å²) in [5.41, 5.74) is 0. The van der Waals surface area contributed by atoms with E-state index in [4.69, 9.17) is 0 Å². The molecule has 0 aromatic heterocycles. The zero-order valence-electron chi connectivity index (χ0n) is 12.7. The van der Waals surface area contributed by atoms with Crippen molar-refractivity contribution in [2.75, 3.05) is 20.1 Å². The monoisotopic (exact) mass is 281 g/mol. The maximum absolute atomic E-state index is 12.3. The number of likely N-dealkylation sites (tertiary alicyclic amines) is 1. The smallest absolute Gasteiger partial charge is 0.317 e. The van der Waals surface area contributed by atoms with Crippen molar-refractivity contribution in [1.29, 1.82) is 0 Å². The Balaban J connectivity index is 1.75. The van der Waals surface area contributed by atoms with Crippen molar-refractivity contribution >= 4 is 11.9 Å². The van der Waals surface area contributed by atoms with Gasteiger partial charge < -0.3 is 15.1 Å². The lowest BCUT2D eigenvalue weighted by Crippen LogP contribution is -2.51. The first-order valence-corrected chi connectivity index (χ1v) is 7.86. The van der Waals surface area contributed by atoms with Gasteiger partial charge in [-0.1, -0.05) is 19.3 Å². The lowest BCUT2D eigenvalue weighted by molar-refractivity contribution is -0.129. The van der Waals surface area contributed by atoms with E-state index >= 15 is 0 Å². The number of carbonyl (C=O) groups is 2. The Morgan fingerprint density at radius 3 is 2.20 bits per heavy atom. The number of piperidine rings is 1. The Morgan fingerprint density at radius 2 is 1.65 bits per heavy atom. The molecule has 2 fully saturated rings. The lowest BCUT2D eigenvalue weighted by atomic mass is 9.95. The van der Waals surface area contributed by atoms with Crippen molar-refractivity contribution in [3.05, 3.63) is 0 Å². The third kappa shape index (κ3) is 3.87. The summed E-state index contributed by atoms with van der Waals surface area (Å²) in [6.45, 7) is 3.12. The van der Waals surface area contributed by atoms with E-state index in [0.717, 1.165) is 38.8 Å². The SMILES string of the molecule is CC(=O)N1CCC(NC(=O)N(C)C2CCCCC2)CC1. The number of amides is 3. The minimum Gasteiger partial charge on any atom is -0.343 e.